The summed E-state index contributed by atoms with van der Waals surface area (Å²) in [5.41, 5.74) is 0.299. The summed E-state index contributed by atoms with van der Waals surface area (Å²) < 4.78 is 38.7. The van der Waals surface area contributed by atoms with Crippen molar-refractivity contribution in [3.63, 3.8) is 0 Å². The first-order valence-corrected chi connectivity index (χ1v) is 13.3. The summed E-state index contributed by atoms with van der Waals surface area (Å²) in [7, 11) is -3.73. The molecule has 0 radical (unpaired) electrons. The van der Waals surface area contributed by atoms with Gasteiger partial charge in [0.25, 0.3) is 5.91 Å². The van der Waals surface area contributed by atoms with E-state index in [1.54, 1.807) is 6.07 Å². The molecule has 0 bridgehead atoms. The Morgan fingerprint density at radius 3 is 2.53 bits per heavy atom. The molecule has 4 rings (SSSR count). The molecule has 3 aliphatic rings. The average molecular weight is 486 g/mol. The monoisotopic (exact) mass is 485 g/mol. The standard InChI is InChI=1S/C22H32ClN3O5S/c23-19-5-4-17(14-21(19)32(28,29)26-7-2-1-3-8-26)22(27)24-15-20(18-6-11-31-16-18)25-9-12-30-13-10-25/h4-5,14,18,20H,1-3,6-13,15-16H2,(H,24,27). The number of nitrogens with one attached hydrogen (secondary N) is 1. The number of benzene rings is 1. The molecule has 10 heteroatoms. The van der Waals surface area contributed by atoms with Gasteiger partial charge in [-0.15, -0.1) is 0 Å². The Morgan fingerprint density at radius 1 is 1.09 bits per heavy atom. The van der Waals surface area contributed by atoms with E-state index in [1.165, 1.54) is 16.4 Å². The van der Waals surface area contributed by atoms with Crippen LogP contribution in [0.1, 0.15) is 36.0 Å². The van der Waals surface area contributed by atoms with Crippen molar-refractivity contribution in [2.24, 2.45) is 5.92 Å². The number of rotatable bonds is 7. The van der Waals surface area contributed by atoms with Crippen LogP contribution >= 0.6 is 11.6 Å². The molecule has 0 spiro atoms. The first-order valence-electron chi connectivity index (χ1n) is 11.4. The molecule has 1 N–H and O–H groups in total. The van der Waals surface area contributed by atoms with Crippen molar-refractivity contribution in [2.45, 2.75) is 36.6 Å². The van der Waals surface area contributed by atoms with E-state index in [1.807, 2.05) is 0 Å². The highest BCUT2D eigenvalue weighted by molar-refractivity contribution is 7.89. The van der Waals surface area contributed by atoms with Crippen molar-refractivity contribution in [3.05, 3.63) is 28.8 Å². The van der Waals surface area contributed by atoms with E-state index in [2.05, 4.69) is 10.2 Å². The highest BCUT2D eigenvalue weighted by Crippen LogP contribution is 2.28. The molecule has 1 aromatic rings. The van der Waals surface area contributed by atoms with Crippen molar-refractivity contribution >= 4 is 27.5 Å². The number of morpholine rings is 1. The van der Waals surface area contributed by atoms with Crippen LogP contribution in [0.5, 0.6) is 0 Å². The molecule has 32 heavy (non-hydrogen) atoms. The van der Waals surface area contributed by atoms with E-state index >= 15 is 0 Å². The summed E-state index contributed by atoms with van der Waals surface area (Å²) in [5, 5.41) is 3.16. The van der Waals surface area contributed by atoms with E-state index < -0.39 is 10.0 Å². The Bertz CT molecular complexity index is 895. The Labute approximate surface area is 195 Å². The third kappa shape index (κ3) is 5.46. The summed E-state index contributed by atoms with van der Waals surface area (Å²) in [6.45, 7) is 5.92. The molecule has 3 fully saturated rings. The van der Waals surface area contributed by atoms with Gasteiger partial charge in [0.15, 0.2) is 0 Å². The van der Waals surface area contributed by atoms with Gasteiger partial charge in [0.1, 0.15) is 4.90 Å². The zero-order valence-electron chi connectivity index (χ0n) is 18.3. The number of hydrogen-bond acceptors (Lipinski definition) is 6. The average Bonchev–Trinajstić information content (AvgIpc) is 3.35. The molecule has 8 nitrogen and oxygen atoms in total. The fourth-order valence-electron chi connectivity index (χ4n) is 4.75. The Balaban J connectivity index is 1.47. The molecule has 1 amide bonds. The van der Waals surface area contributed by atoms with Crippen LogP contribution in [0.3, 0.4) is 0 Å². The smallest absolute Gasteiger partial charge is 0.251 e. The van der Waals surface area contributed by atoms with Gasteiger partial charge in [-0.2, -0.15) is 4.31 Å². The normalized spacial score (nSPS) is 24.3. The lowest BCUT2D eigenvalue weighted by atomic mass is 9.96. The lowest BCUT2D eigenvalue weighted by Crippen LogP contribution is -2.52. The SMILES string of the molecule is O=C(NCC(C1CCOC1)N1CCOCC1)c1ccc(Cl)c(S(=O)(=O)N2CCCCC2)c1. The maximum Gasteiger partial charge on any atom is 0.251 e. The predicted molar refractivity (Wildman–Crippen MR) is 122 cm³/mol. The van der Waals surface area contributed by atoms with E-state index in [4.69, 9.17) is 21.1 Å². The molecule has 178 valence electrons. The summed E-state index contributed by atoms with van der Waals surface area (Å²) in [6, 6.07) is 4.64. The van der Waals surface area contributed by atoms with Gasteiger partial charge in [-0.05, 0) is 37.5 Å². The lowest BCUT2D eigenvalue weighted by Gasteiger charge is -2.37. The zero-order chi connectivity index (χ0) is 22.6. The van der Waals surface area contributed by atoms with E-state index in [9.17, 15) is 13.2 Å². The van der Waals surface area contributed by atoms with E-state index in [0.717, 1.165) is 45.4 Å². The minimum atomic E-state index is -3.73. The second-order valence-electron chi connectivity index (χ2n) is 8.66. The minimum Gasteiger partial charge on any atom is -0.381 e. The number of nitrogens with zero attached hydrogens (tertiary/aromatic N) is 2. The number of sulfonamides is 1. The van der Waals surface area contributed by atoms with E-state index in [-0.39, 0.29) is 21.9 Å². The van der Waals surface area contributed by atoms with Crippen molar-refractivity contribution in [1.29, 1.82) is 0 Å². The lowest BCUT2D eigenvalue weighted by molar-refractivity contribution is 0.00166. The van der Waals surface area contributed by atoms with Gasteiger partial charge in [0.2, 0.25) is 10.0 Å². The zero-order valence-corrected chi connectivity index (χ0v) is 19.9. The van der Waals surface area contributed by atoms with Crippen molar-refractivity contribution in [3.8, 4) is 0 Å². The summed E-state index contributed by atoms with van der Waals surface area (Å²) in [4.78, 5) is 15.3. The van der Waals surface area contributed by atoms with E-state index in [0.29, 0.717) is 50.9 Å². The van der Waals surface area contributed by atoms with Gasteiger partial charge < -0.3 is 14.8 Å². The third-order valence-electron chi connectivity index (χ3n) is 6.62. The van der Waals surface area contributed by atoms with Crippen LogP contribution in [0.25, 0.3) is 0 Å². The molecule has 0 aromatic heterocycles. The van der Waals surface area contributed by atoms with Gasteiger partial charge in [0, 0.05) is 56.9 Å². The number of ether oxygens (including phenoxy) is 2. The van der Waals surface area contributed by atoms with Crippen LogP contribution in [0.4, 0.5) is 0 Å². The Hall–Kier alpha value is -1.23. The number of hydrogen-bond donors (Lipinski definition) is 1. The number of piperidine rings is 1. The quantitative estimate of drug-likeness (QED) is 0.635. The fourth-order valence-corrected chi connectivity index (χ4v) is 6.76. The molecular weight excluding hydrogens is 454 g/mol. The first kappa shape index (κ1) is 23.9. The second kappa shape index (κ2) is 10.8. The van der Waals surface area contributed by atoms with Gasteiger partial charge in [0.05, 0.1) is 24.8 Å². The maximum absolute atomic E-state index is 13.1. The molecule has 2 atom stereocenters. The molecule has 1 aromatic carbocycles. The van der Waals surface area contributed by atoms with Crippen molar-refractivity contribution in [2.75, 3.05) is 59.2 Å². The second-order valence-corrected chi connectivity index (χ2v) is 11.0. The van der Waals surface area contributed by atoms with Gasteiger partial charge in [-0.3, -0.25) is 9.69 Å². The molecule has 3 aliphatic heterocycles. The van der Waals surface area contributed by atoms with Crippen molar-refractivity contribution in [1.82, 2.24) is 14.5 Å². The van der Waals surface area contributed by atoms with Crippen LogP contribution in [-0.4, -0.2) is 88.7 Å². The van der Waals surface area contributed by atoms with Crippen LogP contribution in [0.15, 0.2) is 23.1 Å². The van der Waals surface area contributed by atoms with Crippen molar-refractivity contribution < 1.29 is 22.7 Å². The molecule has 3 saturated heterocycles. The van der Waals surface area contributed by atoms with Gasteiger partial charge >= 0.3 is 0 Å². The Kier molecular flexibility index (Phi) is 8.07. The first-order chi connectivity index (χ1) is 15.5. The number of amides is 1. The van der Waals surface area contributed by atoms with Gasteiger partial charge in [-0.1, -0.05) is 18.0 Å². The maximum atomic E-state index is 13.1. The largest absolute Gasteiger partial charge is 0.381 e. The molecule has 2 unspecified atom stereocenters. The molecule has 0 saturated carbocycles. The number of halogens is 1. The van der Waals surface area contributed by atoms with Crippen LogP contribution in [-0.2, 0) is 19.5 Å². The topological polar surface area (TPSA) is 88.2 Å². The predicted octanol–water partition coefficient (Wildman–Crippen LogP) is 1.98. The van der Waals surface area contributed by atoms with Crippen LogP contribution in [0.2, 0.25) is 5.02 Å². The number of carbonyl (C=O) groups is 1. The molecule has 3 heterocycles. The van der Waals surface area contributed by atoms with Gasteiger partial charge in [-0.25, -0.2) is 8.42 Å². The van der Waals surface area contributed by atoms with Crippen LogP contribution < -0.4 is 5.32 Å². The summed E-state index contributed by atoms with van der Waals surface area (Å²) in [6.07, 6.45) is 3.67. The highest BCUT2D eigenvalue weighted by atomic mass is 35.5. The fraction of sp³-hybridized carbons (Fsp3) is 0.682. The number of carbonyl (C=O) groups excluding carboxylic acids is 1. The minimum absolute atomic E-state index is 0.00244. The molecule has 0 aliphatic carbocycles. The van der Waals surface area contributed by atoms with Crippen LogP contribution in [0, 0.1) is 5.92 Å². The summed E-state index contributed by atoms with van der Waals surface area (Å²) in [5.74, 6) is 0.0580. The molecular formula is C22H32ClN3O5S. The summed E-state index contributed by atoms with van der Waals surface area (Å²) >= 11 is 6.25. The Morgan fingerprint density at radius 2 is 1.84 bits per heavy atom. The highest BCUT2D eigenvalue weighted by Gasteiger charge is 2.32. The third-order valence-corrected chi connectivity index (χ3v) is 9.00.